The minimum atomic E-state index is -1.89. The number of rotatable bonds is 10. The number of hydrogen-bond donors (Lipinski definition) is 4. The van der Waals surface area contributed by atoms with Gasteiger partial charge in [0.25, 0.3) is 11.8 Å². The van der Waals surface area contributed by atoms with Crippen LogP contribution in [0.15, 0.2) is 84.9 Å². The van der Waals surface area contributed by atoms with E-state index >= 15 is 0 Å². The van der Waals surface area contributed by atoms with Crippen molar-refractivity contribution in [3.8, 4) is 0 Å². The number of nitrogens with zero attached hydrogens (tertiary/aromatic N) is 2. The van der Waals surface area contributed by atoms with Crippen molar-refractivity contribution in [2.24, 2.45) is 5.92 Å². The third kappa shape index (κ3) is 5.90. The molecule has 40 heavy (non-hydrogen) atoms. The second-order valence-corrected chi connectivity index (χ2v) is 9.88. The van der Waals surface area contributed by atoms with Crippen molar-refractivity contribution in [1.29, 1.82) is 0 Å². The van der Waals surface area contributed by atoms with Crippen LogP contribution >= 0.6 is 0 Å². The molecule has 208 valence electrons. The molecule has 3 amide bonds. The van der Waals surface area contributed by atoms with E-state index in [-0.39, 0.29) is 31.4 Å². The van der Waals surface area contributed by atoms with E-state index in [1.807, 2.05) is 30.3 Å². The van der Waals surface area contributed by atoms with E-state index in [0.29, 0.717) is 34.7 Å². The van der Waals surface area contributed by atoms with E-state index in [4.69, 9.17) is 5.73 Å². The minimum Gasteiger partial charge on any atom is -0.399 e. The van der Waals surface area contributed by atoms with Gasteiger partial charge in [0.05, 0.1) is 12.3 Å². The molecule has 0 unspecified atom stereocenters. The molecule has 0 spiro atoms. The zero-order valence-electron chi connectivity index (χ0n) is 22.6. The molecule has 0 aromatic heterocycles. The van der Waals surface area contributed by atoms with Crippen molar-refractivity contribution in [1.82, 2.24) is 4.90 Å². The van der Waals surface area contributed by atoms with Crippen molar-refractivity contribution >= 4 is 34.8 Å². The van der Waals surface area contributed by atoms with E-state index in [0.717, 1.165) is 5.56 Å². The largest absolute Gasteiger partial charge is 0.399 e. The Kier molecular flexibility index (Phi) is 8.67. The summed E-state index contributed by atoms with van der Waals surface area (Å²) in [5, 5.41) is 24.0. The lowest BCUT2D eigenvalue weighted by molar-refractivity contribution is -0.139. The predicted molar refractivity (Wildman–Crippen MR) is 154 cm³/mol. The van der Waals surface area contributed by atoms with Crippen molar-refractivity contribution in [2.45, 2.75) is 25.5 Å². The average molecular weight is 543 g/mol. The van der Waals surface area contributed by atoms with Gasteiger partial charge in [0.15, 0.2) is 5.60 Å². The third-order valence-electron chi connectivity index (χ3n) is 7.15. The summed E-state index contributed by atoms with van der Waals surface area (Å²) >= 11 is 0. The smallest absolute Gasteiger partial charge is 0.264 e. The summed E-state index contributed by atoms with van der Waals surface area (Å²) in [7, 11) is 1.59. The third-order valence-corrected chi connectivity index (χ3v) is 7.15. The van der Waals surface area contributed by atoms with Crippen LogP contribution in [0.5, 0.6) is 0 Å². The van der Waals surface area contributed by atoms with Crippen LogP contribution in [0.25, 0.3) is 0 Å². The van der Waals surface area contributed by atoms with Crippen LogP contribution in [0.2, 0.25) is 0 Å². The molecule has 1 aliphatic rings. The van der Waals surface area contributed by atoms with Crippen molar-refractivity contribution < 1.29 is 24.6 Å². The van der Waals surface area contributed by atoms with Gasteiger partial charge in [0.2, 0.25) is 5.91 Å². The maximum Gasteiger partial charge on any atom is 0.264 e. The van der Waals surface area contributed by atoms with E-state index in [1.54, 1.807) is 73.5 Å². The maximum atomic E-state index is 13.2. The highest BCUT2D eigenvalue weighted by atomic mass is 16.3. The summed E-state index contributed by atoms with van der Waals surface area (Å²) < 4.78 is 0. The molecule has 2 atom stereocenters. The Morgan fingerprint density at radius 1 is 1.10 bits per heavy atom. The van der Waals surface area contributed by atoms with Crippen LogP contribution in [0.3, 0.4) is 0 Å². The second-order valence-electron chi connectivity index (χ2n) is 9.88. The maximum absolute atomic E-state index is 13.2. The van der Waals surface area contributed by atoms with Gasteiger partial charge in [-0.15, -0.1) is 0 Å². The standard InChI is InChI=1S/C31H34N4O5/c1-21(7-6-10-28(37)35(17-18-36)20-22-8-4-3-5-9-22)31(40)26-19-25(15-16-27(26)34(2)30(31)39)33-29(38)23-11-13-24(32)14-12-23/h3-9,11-16,19,21,36,40H,10,17-18,20,32H2,1-2H3,(H,33,38)/b7-6+/t21-,31+/m1/s1. The number of carbonyl (C=O) groups is 3. The van der Waals surface area contributed by atoms with E-state index in [1.165, 1.54) is 4.90 Å². The number of anilines is 3. The molecular formula is C31H34N4O5. The minimum absolute atomic E-state index is 0.0435. The summed E-state index contributed by atoms with van der Waals surface area (Å²) in [6, 6.07) is 20.9. The van der Waals surface area contributed by atoms with Crippen LogP contribution in [0.1, 0.15) is 34.8 Å². The number of fused-ring (bicyclic) bond motifs is 1. The van der Waals surface area contributed by atoms with Crippen molar-refractivity contribution in [3.63, 3.8) is 0 Å². The van der Waals surface area contributed by atoms with E-state index in [2.05, 4.69) is 5.32 Å². The van der Waals surface area contributed by atoms with Gasteiger partial charge in [-0.05, 0) is 48.0 Å². The predicted octanol–water partition coefficient (Wildman–Crippen LogP) is 3.29. The van der Waals surface area contributed by atoms with Gasteiger partial charge in [-0.1, -0.05) is 49.4 Å². The number of benzene rings is 3. The summed E-state index contributed by atoms with van der Waals surface area (Å²) in [5.41, 5.74) is 7.05. The summed E-state index contributed by atoms with van der Waals surface area (Å²) in [6.45, 7) is 2.11. The highest BCUT2D eigenvalue weighted by molar-refractivity contribution is 6.08. The molecule has 9 heteroatoms. The summed E-state index contributed by atoms with van der Waals surface area (Å²) in [5.74, 6) is -1.72. The van der Waals surface area contributed by atoms with Crippen molar-refractivity contribution in [3.05, 3.63) is 102 Å². The van der Waals surface area contributed by atoms with Gasteiger partial charge < -0.3 is 31.1 Å². The van der Waals surface area contributed by atoms with Crippen LogP contribution < -0.4 is 16.0 Å². The molecule has 0 fully saturated rings. The SMILES string of the molecule is C[C@H](/C=C/CC(=O)N(CCO)Cc1ccccc1)[C@@]1(O)C(=O)N(C)c2ccc(NC(=O)c3ccc(N)cc3)cc21. The summed E-state index contributed by atoms with van der Waals surface area (Å²) in [4.78, 5) is 41.8. The normalized spacial score (nSPS) is 17.1. The van der Waals surface area contributed by atoms with Gasteiger partial charge >= 0.3 is 0 Å². The van der Waals surface area contributed by atoms with Crippen molar-refractivity contribution in [2.75, 3.05) is 36.1 Å². The fourth-order valence-corrected chi connectivity index (χ4v) is 4.83. The number of hydrogen-bond acceptors (Lipinski definition) is 6. The number of carbonyl (C=O) groups excluding carboxylic acids is 3. The number of aliphatic hydroxyl groups excluding tert-OH is 1. The molecule has 1 heterocycles. The molecular weight excluding hydrogens is 508 g/mol. The first-order chi connectivity index (χ1) is 19.1. The van der Waals surface area contributed by atoms with Crippen LogP contribution in [0, 0.1) is 5.92 Å². The highest BCUT2D eigenvalue weighted by Crippen LogP contribution is 2.45. The van der Waals surface area contributed by atoms with Crippen LogP contribution in [0.4, 0.5) is 17.1 Å². The Morgan fingerprint density at radius 3 is 2.48 bits per heavy atom. The lowest BCUT2D eigenvalue weighted by Crippen LogP contribution is -2.43. The Labute approximate surface area is 233 Å². The molecule has 0 bridgehead atoms. The number of likely N-dealkylation sites (N-methyl/N-ethyl adjacent to an activating group) is 1. The molecule has 0 aliphatic carbocycles. The highest BCUT2D eigenvalue weighted by Gasteiger charge is 2.51. The molecule has 0 radical (unpaired) electrons. The lowest BCUT2D eigenvalue weighted by atomic mass is 9.82. The van der Waals surface area contributed by atoms with Gasteiger partial charge in [0.1, 0.15) is 0 Å². The van der Waals surface area contributed by atoms with E-state index in [9.17, 15) is 24.6 Å². The second kappa shape index (κ2) is 12.1. The van der Waals surface area contributed by atoms with Gasteiger partial charge in [-0.3, -0.25) is 14.4 Å². The zero-order valence-corrected chi connectivity index (χ0v) is 22.6. The molecule has 0 saturated heterocycles. The summed E-state index contributed by atoms with van der Waals surface area (Å²) in [6.07, 6.45) is 3.33. The molecule has 3 aromatic carbocycles. The molecule has 3 aromatic rings. The average Bonchev–Trinajstić information content (AvgIpc) is 3.15. The molecule has 9 nitrogen and oxygen atoms in total. The fraction of sp³-hybridized carbons (Fsp3) is 0.258. The molecule has 5 N–H and O–H groups in total. The first-order valence-electron chi connectivity index (χ1n) is 13.1. The Bertz CT molecular complexity index is 1410. The first-order valence-corrected chi connectivity index (χ1v) is 13.1. The van der Waals surface area contributed by atoms with E-state index < -0.39 is 17.4 Å². The number of nitrogen functional groups attached to an aromatic ring is 1. The molecule has 0 saturated carbocycles. The number of aliphatic hydroxyl groups is 2. The van der Waals surface area contributed by atoms with Gasteiger partial charge in [-0.25, -0.2) is 0 Å². The van der Waals surface area contributed by atoms with Gasteiger partial charge in [-0.2, -0.15) is 0 Å². The number of nitrogens with one attached hydrogen (secondary N) is 1. The number of amides is 3. The van der Waals surface area contributed by atoms with Crippen LogP contribution in [-0.4, -0.2) is 53.0 Å². The number of nitrogens with two attached hydrogens (primary N) is 1. The molecule has 1 aliphatic heterocycles. The monoisotopic (exact) mass is 542 g/mol. The topological polar surface area (TPSA) is 136 Å². The fourth-order valence-electron chi connectivity index (χ4n) is 4.83. The first kappa shape index (κ1) is 28.5. The Balaban J connectivity index is 1.49. The quantitative estimate of drug-likeness (QED) is 0.229. The van der Waals surface area contributed by atoms with Crippen LogP contribution in [-0.2, 0) is 21.7 Å². The zero-order chi connectivity index (χ0) is 28.9. The Hall–Kier alpha value is -4.47. The Morgan fingerprint density at radius 2 is 1.80 bits per heavy atom. The van der Waals surface area contributed by atoms with Gasteiger partial charge in [0, 0.05) is 55.0 Å². The lowest BCUT2D eigenvalue weighted by Gasteiger charge is -2.27. The molecule has 4 rings (SSSR count).